The van der Waals surface area contributed by atoms with Gasteiger partial charge in [0.1, 0.15) is 6.61 Å². The molecule has 0 aromatic heterocycles. The molecule has 1 N–H and O–H groups in total. The Bertz CT molecular complexity index is 967. The second-order valence-corrected chi connectivity index (χ2v) is 19.5. The van der Waals surface area contributed by atoms with Crippen molar-refractivity contribution in [3.05, 3.63) is 0 Å². The van der Waals surface area contributed by atoms with E-state index in [0.29, 0.717) is 19.3 Å². The Labute approximate surface area is 378 Å². The summed E-state index contributed by atoms with van der Waals surface area (Å²) < 4.78 is 17.4. The quantitative estimate of drug-likeness (QED) is 0.0369. The number of esters is 2. The van der Waals surface area contributed by atoms with Crippen molar-refractivity contribution < 1.29 is 38.2 Å². The molecule has 0 saturated heterocycles. The van der Waals surface area contributed by atoms with Crippen LogP contribution < -0.4 is 0 Å². The lowest BCUT2D eigenvalue weighted by Gasteiger charge is -2.31. The van der Waals surface area contributed by atoms with E-state index >= 15 is 0 Å². The lowest BCUT2D eigenvalue weighted by atomic mass is 10.0. The van der Waals surface area contributed by atoms with Crippen molar-refractivity contribution in [2.75, 3.05) is 41.0 Å². The van der Waals surface area contributed by atoms with Crippen LogP contribution in [0.5, 0.6) is 0 Å². The summed E-state index contributed by atoms with van der Waals surface area (Å²) in [5.41, 5.74) is 0. The molecular formula is C53H104NO7+. The van der Waals surface area contributed by atoms with Crippen LogP contribution in [0.15, 0.2) is 0 Å². The van der Waals surface area contributed by atoms with E-state index in [9.17, 15) is 19.5 Å². The molecule has 362 valence electrons. The molecule has 2 atom stereocenters. The van der Waals surface area contributed by atoms with E-state index in [1.54, 1.807) is 0 Å². The number of nitrogens with zero attached hydrogens (tertiary/aromatic N) is 1. The Kier molecular flexibility index (Phi) is 43.7. The monoisotopic (exact) mass is 867 g/mol. The second kappa shape index (κ2) is 44.9. The highest BCUT2D eigenvalue weighted by Crippen LogP contribution is 2.17. The van der Waals surface area contributed by atoms with Gasteiger partial charge in [-0.15, -0.1) is 0 Å². The van der Waals surface area contributed by atoms with Crippen molar-refractivity contribution in [1.82, 2.24) is 0 Å². The summed E-state index contributed by atoms with van der Waals surface area (Å²) >= 11 is 0. The van der Waals surface area contributed by atoms with Gasteiger partial charge in [0.15, 0.2) is 12.1 Å². The topological polar surface area (TPSA) is 99.1 Å². The zero-order valence-electron chi connectivity index (χ0n) is 41.4. The van der Waals surface area contributed by atoms with Gasteiger partial charge in [-0.25, -0.2) is 4.79 Å². The molecule has 0 rings (SSSR count). The fraction of sp³-hybridized carbons (Fsp3) is 0.943. The van der Waals surface area contributed by atoms with Crippen molar-refractivity contribution in [3.63, 3.8) is 0 Å². The van der Waals surface area contributed by atoms with Gasteiger partial charge >= 0.3 is 17.9 Å². The predicted octanol–water partition coefficient (Wildman–Crippen LogP) is 15.3. The molecule has 0 aromatic carbocycles. The molecule has 0 saturated carbocycles. The molecule has 0 spiro atoms. The number of likely N-dealkylation sites (N-methyl/N-ethyl adjacent to an activating group) is 1. The Hall–Kier alpha value is -1.67. The first-order valence-corrected chi connectivity index (χ1v) is 26.6. The van der Waals surface area contributed by atoms with Gasteiger partial charge in [-0.05, 0) is 12.8 Å². The smallest absolute Gasteiger partial charge is 0.362 e. The van der Waals surface area contributed by atoms with Crippen LogP contribution in [0.2, 0.25) is 0 Å². The van der Waals surface area contributed by atoms with Gasteiger partial charge in [0, 0.05) is 19.3 Å². The highest BCUT2D eigenvalue weighted by atomic mass is 16.6. The average Bonchev–Trinajstić information content (AvgIpc) is 3.22. The third-order valence-electron chi connectivity index (χ3n) is 12.5. The number of carboxylic acids is 1. The van der Waals surface area contributed by atoms with Gasteiger partial charge in [0.05, 0.1) is 34.4 Å². The molecule has 0 aliphatic heterocycles. The molecule has 2 unspecified atom stereocenters. The number of quaternary nitrogens is 1. The standard InChI is InChI=1S/C53H103NO7/c1-6-8-10-12-14-16-18-20-22-24-25-26-27-28-30-32-34-36-38-40-42-44-52(56)61-49(47-59-46-45-50(53(57)58)54(3,4)5)48-60-51(55)43-41-39-37-35-33-31-29-23-21-19-17-15-13-11-9-7-2/h49-50H,6-48H2,1-5H3/p+1. The first-order chi connectivity index (χ1) is 29.6. The van der Waals surface area contributed by atoms with Crippen molar-refractivity contribution in [3.8, 4) is 0 Å². The fourth-order valence-electron chi connectivity index (χ4n) is 8.39. The van der Waals surface area contributed by atoms with Crippen molar-refractivity contribution >= 4 is 17.9 Å². The van der Waals surface area contributed by atoms with Crippen LogP contribution in [0.3, 0.4) is 0 Å². The third-order valence-corrected chi connectivity index (χ3v) is 12.5. The maximum atomic E-state index is 12.8. The minimum atomic E-state index is -0.868. The maximum absolute atomic E-state index is 12.8. The summed E-state index contributed by atoms with van der Waals surface area (Å²) in [6, 6.07) is -0.609. The lowest BCUT2D eigenvalue weighted by Crippen LogP contribution is -2.50. The fourth-order valence-corrected chi connectivity index (χ4v) is 8.39. The zero-order chi connectivity index (χ0) is 44.9. The van der Waals surface area contributed by atoms with Crippen LogP contribution in [-0.4, -0.2) is 80.6 Å². The number of hydrogen-bond acceptors (Lipinski definition) is 6. The van der Waals surface area contributed by atoms with E-state index in [1.165, 1.54) is 199 Å². The molecule has 8 nitrogen and oxygen atoms in total. The SMILES string of the molecule is CCCCCCCCCCCCCCCCCCCCCCCC(=O)OC(COCCC(C(=O)O)[N+](C)(C)C)COC(=O)CCCCCCCCCCCCCCCCCC. The number of hydrogen-bond donors (Lipinski definition) is 1. The zero-order valence-corrected chi connectivity index (χ0v) is 41.4. The molecule has 0 radical (unpaired) electrons. The van der Waals surface area contributed by atoms with Gasteiger partial charge in [-0.1, -0.05) is 239 Å². The first kappa shape index (κ1) is 59.3. The molecule has 0 heterocycles. The summed E-state index contributed by atoms with van der Waals surface area (Å²) in [5, 5.41) is 9.65. The number of carbonyl (C=O) groups excluding carboxylic acids is 2. The van der Waals surface area contributed by atoms with E-state index in [1.807, 2.05) is 21.1 Å². The number of unbranched alkanes of at least 4 members (excludes halogenated alkanes) is 35. The summed E-state index contributed by atoms with van der Waals surface area (Å²) in [4.78, 5) is 37.2. The number of aliphatic carboxylic acids is 1. The molecule has 0 fully saturated rings. The lowest BCUT2D eigenvalue weighted by molar-refractivity contribution is -0.887. The van der Waals surface area contributed by atoms with Crippen LogP contribution in [0, 0.1) is 0 Å². The number of rotatable bonds is 49. The highest BCUT2D eigenvalue weighted by molar-refractivity contribution is 5.72. The maximum Gasteiger partial charge on any atom is 0.362 e. The van der Waals surface area contributed by atoms with Crippen LogP contribution in [0.1, 0.15) is 271 Å². The van der Waals surface area contributed by atoms with Crippen LogP contribution >= 0.6 is 0 Å². The Morgan fingerprint density at radius 2 is 0.721 bits per heavy atom. The van der Waals surface area contributed by atoms with Gasteiger partial charge < -0.3 is 23.8 Å². The normalized spacial score (nSPS) is 12.7. The first-order valence-electron chi connectivity index (χ1n) is 26.6. The molecule has 0 aliphatic carbocycles. The molecule has 8 heteroatoms. The van der Waals surface area contributed by atoms with E-state index in [0.717, 1.165) is 38.5 Å². The van der Waals surface area contributed by atoms with Gasteiger partial charge in [0.25, 0.3) is 0 Å². The average molecular weight is 867 g/mol. The second-order valence-electron chi connectivity index (χ2n) is 19.5. The highest BCUT2D eigenvalue weighted by Gasteiger charge is 2.31. The van der Waals surface area contributed by atoms with Gasteiger partial charge in [-0.2, -0.15) is 0 Å². The van der Waals surface area contributed by atoms with Crippen molar-refractivity contribution in [2.45, 2.75) is 283 Å². The molecule has 0 aromatic rings. The summed E-state index contributed by atoms with van der Waals surface area (Å²) in [6.07, 6.45) is 48.7. The van der Waals surface area contributed by atoms with Gasteiger partial charge in [0.2, 0.25) is 0 Å². The van der Waals surface area contributed by atoms with Crippen LogP contribution in [0.4, 0.5) is 0 Å². The molecule has 0 amide bonds. The Morgan fingerprint density at radius 1 is 0.426 bits per heavy atom. The number of carbonyl (C=O) groups is 3. The Balaban J connectivity index is 4.16. The minimum Gasteiger partial charge on any atom is -0.477 e. The number of ether oxygens (including phenoxy) is 3. The van der Waals surface area contributed by atoms with Crippen LogP contribution in [-0.2, 0) is 28.6 Å². The molecule has 0 aliphatic rings. The molecule has 0 bridgehead atoms. The number of carboxylic acid groups (broad SMARTS) is 1. The predicted molar refractivity (Wildman–Crippen MR) is 257 cm³/mol. The minimum absolute atomic E-state index is 0.0412. The summed E-state index contributed by atoms with van der Waals surface area (Å²) in [6.45, 7) is 4.80. The summed E-state index contributed by atoms with van der Waals surface area (Å²) in [7, 11) is 5.55. The Morgan fingerprint density at radius 3 is 1.02 bits per heavy atom. The van der Waals surface area contributed by atoms with E-state index in [-0.39, 0.29) is 36.2 Å². The van der Waals surface area contributed by atoms with E-state index < -0.39 is 18.1 Å². The van der Waals surface area contributed by atoms with Gasteiger partial charge in [-0.3, -0.25) is 9.59 Å². The van der Waals surface area contributed by atoms with Crippen molar-refractivity contribution in [2.24, 2.45) is 0 Å². The van der Waals surface area contributed by atoms with E-state index in [4.69, 9.17) is 14.2 Å². The third kappa shape index (κ3) is 43.4. The summed E-state index contributed by atoms with van der Waals surface area (Å²) in [5.74, 6) is -1.44. The van der Waals surface area contributed by atoms with Crippen molar-refractivity contribution in [1.29, 1.82) is 0 Å². The van der Waals surface area contributed by atoms with Crippen LogP contribution in [0.25, 0.3) is 0 Å². The molecular weight excluding hydrogens is 763 g/mol. The molecule has 61 heavy (non-hydrogen) atoms. The van der Waals surface area contributed by atoms with E-state index in [2.05, 4.69) is 13.8 Å². The largest absolute Gasteiger partial charge is 0.477 e.